The topological polar surface area (TPSA) is 161 Å². The van der Waals surface area contributed by atoms with E-state index in [9.17, 15) is 23.8 Å². The molecule has 3 N–H and O–H groups in total. The van der Waals surface area contributed by atoms with Crippen LogP contribution in [-0.2, 0) is 27.9 Å². The van der Waals surface area contributed by atoms with E-state index >= 15 is 0 Å². The highest BCUT2D eigenvalue weighted by Crippen LogP contribution is 2.49. The van der Waals surface area contributed by atoms with Gasteiger partial charge in [0.25, 0.3) is 5.56 Å². The quantitative estimate of drug-likeness (QED) is 0.182. The second-order valence-electron chi connectivity index (χ2n) is 10.2. The van der Waals surface area contributed by atoms with Crippen molar-refractivity contribution in [3.05, 3.63) is 38.7 Å². The van der Waals surface area contributed by atoms with Crippen molar-refractivity contribution in [3.63, 3.8) is 0 Å². The fourth-order valence-electron chi connectivity index (χ4n) is 4.24. The molecule has 228 valence electrons. The number of rotatable bonds is 17. The average Bonchev–Trinajstić information content (AvgIpc) is 3.22. The van der Waals surface area contributed by atoms with Crippen LogP contribution in [0.25, 0.3) is 6.08 Å². The van der Waals surface area contributed by atoms with E-state index in [1.807, 2.05) is 13.8 Å². The molecule has 0 aromatic carbocycles. The van der Waals surface area contributed by atoms with Crippen LogP contribution in [0.1, 0.15) is 72.6 Å². The number of phosphoric acid groups is 1. The average molecular weight is 589 g/mol. The molecule has 1 fully saturated rings. The molecule has 0 spiro atoms. The SMILES string of the molecule is CCCN(CCC)CCNC(=O)/C=C/c1cn(C2CC(OP(=O)(O)OC(C)C)C(COC(C)C)O2)c(=O)[nH]c1=O. The number of phosphoric ester groups is 1. The first kappa shape index (κ1) is 34.1. The maximum atomic E-state index is 12.7. The van der Waals surface area contributed by atoms with Gasteiger partial charge in [-0.1, -0.05) is 13.8 Å². The normalized spacial score (nSPS) is 21.1. The first-order chi connectivity index (χ1) is 18.8. The Kier molecular flexibility index (Phi) is 13.9. The Hall–Kier alpha value is -2.12. The van der Waals surface area contributed by atoms with Gasteiger partial charge in [-0.25, -0.2) is 9.36 Å². The number of H-pyrrole nitrogens is 1. The number of carbonyl (C=O) groups is 1. The smallest absolute Gasteiger partial charge is 0.376 e. The van der Waals surface area contributed by atoms with Gasteiger partial charge in [0, 0.05) is 31.8 Å². The monoisotopic (exact) mass is 588 g/mol. The van der Waals surface area contributed by atoms with Gasteiger partial charge in [0.2, 0.25) is 5.91 Å². The number of nitrogens with one attached hydrogen (secondary N) is 2. The molecule has 2 rings (SSSR count). The van der Waals surface area contributed by atoms with E-state index in [0.717, 1.165) is 37.0 Å². The van der Waals surface area contributed by atoms with Crippen LogP contribution in [0.15, 0.2) is 21.9 Å². The van der Waals surface area contributed by atoms with Crippen molar-refractivity contribution in [3.8, 4) is 0 Å². The van der Waals surface area contributed by atoms with Gasteiger partial charge < -0.3 is 24.6 Å². The van der Waals surface area contributed by atoms with E-state index in [0.29, 0.717) is 6.54 Å². The minimum Gasteiger partial charge on any atom is -0.376 e. The summed E-state index contributed by atoms with van der Waals surface area (Å²) in [4.78, 5) is 52.1. The van der Waals surface area contributed by atoms with E-state index in [1.54, 1.807) is 13.8 Å². The van der Waals surface area contributed by atoms with E-state index in [1.165, 1.54) is 18.3 Å². The number of hydrogen-bond donors (Lipinski definition) is 3. The van der Waals surface area contributed by atoms with Crippen molar-refractivity contribution in [1.29, 1.82) is 0 Å². The largest absolute Gasteiger partial charge is 0.472 e. The lowest BCUT2D eigenvalue weighted by Gasteiger charge is -2.22. The summed E-state index contributed by atoms with van der Waals surface area (Å²) in [7, 11) is -4.42. The Morgan fingerprint density at radius 1 is 1.23 bits per heavy atom. The van der Waals surface area contributed by atoms with Crippen LogP contribution in [0.3, 0.4) is 0 Å². The summed E-state index contributed by atoms with van der Waals surface area (Å²) in [5.41, 5.74) is -1.34. The summed E-state index contributed by atoms with van der Waals surface area (Å²) in [5, 5.41) is 2.81. The van der Waals surface area contributed by atoms with Crippen LogP contribution < -0.4 is 16.6 Å². The summed E-state index contributed by atoms with van der Waals surface area (Å²) in [5.74, 6) is -0.370. The Bertz CT molecular complexity index is 1130. The molecule has 14 heteroatoms. The van der Waals surface area contributed by atoms with Crippen LogP contribution in [0, 0.1) is 0 Å². The molecule has 4 atom stereocenters. The summed E-state index contributed by atoms with van der Waals surface area (Å²) < 4.78 is 35.6. The Balaban J connectivity index is 2.16. The molecule has 1 saturated heterocycles. The fourth-order valence-corrected chi connectivity index (χ4v) is 5.39. The Morgan fingerprint density at radius 3 is 2.50 bits per heavy atom. The van der Waals surface area contributed by atoms with Gasteiger partial charge in [0.05, 0.1) is 24.4 Å². The third kappa shape index (κ3) is 11.4. The third-order valence-corrected chi connectivity index (χ3v) is 7.14. The molecule has 1 aromatic rings. The molecular weight excluding hydrogens is 543 g/mol. The highest BCUT2D eigenvalue weighted by molar-refractivity contribution is 7.47. The van der Waals surface area contributed by atoms with Crippen LogP contribution in [0.5, 0.6) is 0 Å². The number of amides is 1. The molecule has 40 heavy (non-hydrogen) atoms. The maximum absolute atomic E-state index is 12.7. The minimum absolute atomic E-state index is 0.0136. The van der Waals surface area contributed by atoms with Crippen molar-refractivity contribution in [2.24, 2.45) is 0 Å². The molecule has 1 aromatic heterocycles. The van der Waals surface area contributed by atoms with Crippen LogP contribution in [0.4, 0.5) is 0 Å². The van der Waals surface area contributed by atoms with E-state index in [4.69, 9.17) is 18.5 Å². The second kappa shape index (κ2) is 16.4. The van der Waals surface area contributed by atoms with Crippen molar-refractivity contribution >= 4 is 19.8 Å². The molecule has 0 aliphatic carbocycles. The van der Waals surface area contributed by atoms with Gasteiger partial charge in [-0.15, -0.1) is 0 Å². The first-order valence-corrected chi connectivity index (χ1v) is 15.3. The van der Waals surface area contributed by atoms with Crippen LogP contribution in [-0.4, -0.2) is 82.5 Å². The number of aromatic amines is 1. The van der Waals surface area contributed by atoms with Crippen molar-refractivity contribution in [2.45, 2.75) is 91.4 Å². The molecule has 0 bridgehead atoms. The Morgan fingerprint density at radius 2 is 1.90 bits per heavy atom. The van der Waals surface area contributed by atoms with Gasteiger partial charge >= 0.3 is 13.5 Å². The predicted octanol–water partition coefficient (Wildman–Crippen LogP) is 2.41. The lowest BCUT2D eigenvalue weighted by atomic mass is 10.2. The molecule has 2 heterocycles. The molecule has 1 aliphatic rings. The number of carbonyl (C=O) groups excluding carboxylic acids is 1. The number of aromatic nitrogens is 2. The van der Waals surface area contributed by atoms with Gasteiger partial charge in [-0.2, -0.15) is 0 Å². The highest BCUT2D eigenvalue weighted by Gasteiger charge is 2.42. The summed E-state index contributed by atoms with van der Waals surface area (Å²) >= 11 is 0. The van der Waals surface area contributed by atoms with Crippen LogP contribution >= 0.6 is 7.82 Å². The molecule has 1 amide bonds. The zero-order chi connectivity index (χ0) is 29.9. The molecule has 13 nitrogen and oxygen atoms in total. The molecule has 4 unspecified atom stereocenters. The van der Waals surface area contributed by atoms with Crippen molar-refractivity contribution in [1.82, 2.24) is 19.8 Å². The van der Waals surface area contributed by atoms with Gasteiger partial charge in [-0.3, -0.25) is 28.2 Å². The van der Waals surface area contributed by atoms with Gasteiger partial charge in [0.15, 0.2) is 0 Å². The zero-order valence-corrected chi connectivity index (χ0v) is 25.2. The first-order valence-electron chi connectivity index (χ1n) is 13.9. The van der Waals surface area contributed by atoms with E-state index in [-0.39, 0.29) is 30.6 Å². The van der Waals surface area contributed by atoms with Gasteiger partial charge in [0.1, 0.15) is 18.4 Å². The van der Waals surface area contributed by atoms with Crippen LogP contribution in [0.2, 0.25) is 0 Å². The second-order valence-corrected chi connectivity index (χ2v) is 11.6. The molecule has 1 aliphatic heterocycles. The molecule has 0 saturated carbocycles. The number of hydrogen-bond acceptors (Lipinski definition) is 9. The number of nitrogens with zero attached hydrogens (tertiary/aromatic N) is 2. The number of ether oxygens (including phenoxy) is 2. The summed E-state index contributed by atoms with van der Waals surface area (Å²) in [6, 6.07) is 0. The van der Waals surface area contributed by atoms with Crippen molar-refractivity contribution < 1.29 is 32.8 Å². The molecule has 0 radical (unpaired) electrons. The summed E-state index contributed by atoms with van der Waals surface area (Å²) in [6.07, 6.45) is 2.56. The maximum Gasteiger partial charge on any atom is 0.472 e. The lowest BCUT2D eigenvalue weighted by molar-refractivity contribution is -0.116. The van der Waals surface area contributed by atoms with E-state index in [2.05, 4.69) is 29.0 Å². The zero-order valence-electron chi connectivity index (χ0n) is 24.3. The summed E-state index contributed by atoms with van der Waals surface area (Å²) in [6.45, 7) is 14.2. The standard InChI is InChI=1S/C26H45N4O9P/c1-7-12-29(13-8-2)14-11-27-23(31)10-9-20-16-30(26(33)28-25(20)32)24-15-21(22(37-24)17-36-18(3)4)39-40(34,35)38-19(5)6/h9-10,16,18-19,21-22,24H,7-8,11-15,17H2,1-6H3,(H,27,31)(H,34,35)(H,28,32,33)/b10-9+. The lowest BCUT2D eigenvalue weighted by Crippen LogP contribution is -2.35. The Labute approximate surface area is 235 Å². The minimum atomic E-state index is -4.42. The van der Waals surface area contributed by atoms with E-state index < -0.39 is 43.6 Å². The third-order valence-electron chi connectivity index (χ3n) is 5.91. The van der Waals surface area contributed by atoms with Gasteiger partial charge in [-0.05, 0) is 59.7 Å². The molecular formula is C26H45N4O9P. The fraction of sp³-hybridized carbons (Fsp3) is 0.731. The highest BCUT2D eigenvalue weighted by atomic mass is 31.2. The van der Waals surface area contributed by atoms with Crippen molar-refractivity contribution in [2.75, 3.05) is 32.8 Å². The predicted molar refractivity (Wildman–Crippen MR) is 151 cm³/mol.